The molecule has 0 atom stereocenters. The lowest BCUT2D eigenvalue weighted by Gasteiger charge is -2.19. The quantitative estimate of drug-likeness (QED) is 0.625. The highest BCUT2D eigenvalue weighted by Crippen LogP contribution is 2.23. The first-order chi connectivity index (χ1) is 12.0. The highest BCUT2D eigenvalue weighted by Gasteiger charge is 2.21. The number of hydrogen-bond donors (Lipinski definition) is 2. The Morgan fingerprint density at radius 2 is 2.20 bits per heavy atom. The Morgan fingerprint density at radius 1 is 1.44 bits per heavy atom. The fraction of sp³-hybridized carbons (Fsp3) is 0.438. The second-order valence-electron chi connectivity index (χ2n) is 6.09. The van der Waals surface area contributed by atoms with Crippen molar-refractivity contribution in [1.82, 2.24) is 20.1 Å². The van der Waals surface area contributed by atoms with Crippen LogP contribution in [-0.4, -0.2) is 38.7 Å². The molecule has 0 bridgehead atoms. The predicted molar refractivity (Wildman–Crippen MR) is 91.3 cm³/mol. The Hall–Kier alpha value is -2.81. The number of hydrogen-bond acceptors (Lipinski definition) is 6. The third-order valence-electron chi connectivity index (χ3n) is 4.22. The third kappa shape index (κ3) is 4.18. The Bertz CT molecular complexity index is 782. The van der Waals surface area contributed by atoms with E-state index in [2.05, 4.69) is 20.7 Å². The van der Waals surface area contributed by atoms with Crippen molar-refractivity contribution in [3.8, 4) is 0 Å². The van der Waals surface area contributed by atoms with Crippen LogP contribution in [0.1, 0.15) is 30.1 Å². The molecular formula is C16H20N6O3. The number of nitro groups is 1. The summed E-state index contributed by atoms with van der Waals surface area (Å²) in [4.78, 5) is 27.0. The first-order valence-electron chi connectivity index (χ1n) is 8.18. The van der Waals surface area contributed by atoms with Gasteiger partial charge in [0.05, 0.1) is 11.3 Å². The summed E-state index contributed by atoms with van der Waals surface area (Å²) in [5.41, 5.74) is 0.546. The molecule has 1 amide bonds. The van der Waals surface area contributed by atoms with E-state index in [9.17, 15) is 14.9 Å². The lowest BCUT2D eigenvalue weighted by molar-refractivity contribution is -0.384. The molecule has 3 rings (SSSR count). The average molecular weight is 344 g/mol. The van der Waals surface area contributed by atoms with E-state index < -0.39 is 4.92 Å². The van der Waals surface area contributed by atoms with E-state index in [4.69, 9.17) is 0 Å². The van der Waals surface area contributed by atoms with Crippen molar-refractivity contribution in [1.29, 1.82) is 0 Å². The number of non-ortho nitro benzene ring substituents is 1. The Kier molecular flexibility index (Phi) is 5.03. The summed E-state index contributed by atoms with van der Waals surface area (Å²) in [6, 6.07) is 6.05. The van der Waals surface area contributed by atoms with Gasteiger partial charge in [0.15, 0.2) is 5.82 Å². The van der Waals surface area contributed by atoms with Gasteiger partial charge in [-0.2, -0.15) is 10.1 Å². The molecule has 9 heteroatoms. The van der Waals surface area contributed by atoms with Crippen molar-refractivity contribution in [2.75, 3.05) is 18.4 Å². The molecule has 9 nitrogen and oxygen atoms in total. The van der Waals surface area contributed by atoms with Gasteiger partial charge in [-0.3, -0.25) is 20.2 Å². The maximum atomic E-state index is 12.2. The standard InChI is InChI=1S/C16H20N6O3/c1-21-16(19-15(20-21)12-5-7-17-8-6-12)18-14(23)10-11-3-2-4-13(9-11)22(24)25/h2-4,9,12,17H,5-8,10H2,1H3,(H,18,19,20,23). The zero-order chi connectivity index (χ0) is 17.8. The van der Waals surface area contributed by atoms with E-state index >= 15 is 0 Å². The van der Waals surface area contributed by atoms with E-state index in [1.807, 2.05) is 0 Å². The number of aryl methyl sites for hydroxylation is 1. The van der Waals surface area contributed by atoms with Crippen LogP contribution in [0, 0.1) is 10.1 Å². The van der Waals surface area contributed by atoms with Gasteiger partial charge in [-0.1, -0.05) is 12.1 Å². The molecule has 0 radical (unpaired) electrons. The maximum absolute atomic E-state index is 12.2. The number of piperidine rings is 1. The number of anilines is 1. The Balaban J connectivity index is 1.65. The van der Waals surface area contributed by atoms with E-state index in [0.29, 0.717) is 17.4 Å². The lowest BCUT2D eigenvalue weighted by atomic mass is 9.98. The van der Waals surface area contributed by atoms with Crippen molar-refractivity contribution in [3.63, 3.8) is 0 Å². The molecule has 1 aliphatic rings. The molecule has 1 aliphatic heterocycles. The van der Waals surface area contributed by atoms with Crippen LogP contribution in [0.15, 0.2) is 24.3 Å². The second kappa shape index (κ2) is 7.39. The highest BCUT2D eigenvalue weighted by molar-refractivity contribution is 5.90. The van der Waals surface area contributed by atoms with Gasteiger partial charge in [0.2, 0.25) is 11.9 Å². The minimum absolute atomic E-state index is 0.0304. The lowest BCUT2D eigenvalue weighted by Crippen LogP contribution is -2.27. The number of nitro benzene ring substituents is 1. The zero-order valence-corrected chi connectivity index (χ0v) is 13.9. The number of amides is 1. The van der Waals surface area contributed by atoms with Crippen molar-refractivity contribution in [2.45, 2.75) is 25.2 Å². The van der Waals surface area contributed by atoms with Crippen molar-refractivity contribution in [2.24, 2.45) is 7.05 Å². The summed E-state index contributed by atoms with van der Waals surface area (Å²) in [5, 5.41) is 21.2. The largest absolute Gasteiger partial charge is 0.317 e. The predicted octanol–water partition coefficient (Wildman–Crippen LogP) is 1.37. The summed E-state index contributed by atoms with van der Waals surface area (Å²) >= 11 is 0. The van der Waals surface area contributed by atoms with Gasteiger partial charge < -0.3 is 5.32 Å². The molecule has 0 aliphatic carbocycles. The molecule has 1 saturated heterocycles. The number of carbonyl (C=O) groups is 1. The summed E-state index contributed by atoms with van der Waals surface area (Å²) in [6.45, 7) is 1.88. The topological polar surface area (TPSA) is 115 Å². The van der Waals surface area contributed by atoms with Crippen LogP contribution >= 0.6 is 0 Å². The normalized spacial score (nSPS) is 15.1. The van der Waals surface area contributed by atoms with Gasteiger partial charge in [-0.05, 0) is 31.5 Å². The highest BCUT2D eigenvalue weighted by atomic mass is 16.6. The van der Waals surface area contributed by atoms with Gasteiger partial charge in [-0.15, -0.1) is 0 Å². The van der Waals surface area contributed by atoms with Crippen LogP contribution < -0.4 is 10.6 Å². The fourth-order valence-corrected chi connectivity index (χ4v) is 2.90. The first kappa shape index (κ1) is 17.0. The molecule has 2 N–H and O–H groups in total. The van der Waals surface area contributed by atoms with E-state index in [1.165, 1.54) is 12.1 Å². The Labute approximate surface area is 144 Å². The summed E-state index contributed by atoms with van der Waals surface area (Å²) in [6.07, 6.45) is 1.99. The maximum Gasteiger partial charge on any atom is 0.269 e. The van der Waals surface area contributed by atoms with Gasteiger partial charge in [0.25, 0.3) is 5.69 Å². The van der Waals surface area contributed by atoms with Crippen molar-refractivity contribution in [3.05, 3.63) is 45.8 Å². The van der Waals surface area contributed by atoms with Crippen LogP contribution in [-0.2, 0) is 18.3 Å². The molecule has 25 heavy (non-hydrogen) atoms. The number of aromatic nitrogens is 3. The van der Waals surface area contributed by atoms with Gasteiger partial charge in [-0.25, -0.2) is 4.68 Å². The molecule has 1 fully saturated rings. The molecule has 132 valence electrons. The molecule has 1 aromatic heterocycles. The summed E-state index contributed by atoms with van der Waals surface area (Å²) < 4.78 is 1.56. The van der Waals surface area contributed by atoms with E-state index in [0.717, 1.165) is 31.8 Å². The van der Waals surface area contributed by atoms with E-state index in [-0.39, 0.29) is 18.0 Å². The summed E-state index contributed by atoms with van der Waals surface area (Å²) in [7, 11) is 1.74. The number of benzene rings is 1. The number of carbonyl (C=O) groups excluding carboxylic acids is 1. The first-order valence-corrected chi connectivity index (χ1v) is 8.18. The number of rotatable bonds is 5. The number of nitrogens with zero attached hydrogens (tertiary/aromatic N) is 4. The van der Waals surface area contributed by atoms with Crippen molar-refractivity contribution >= 4 is 17.5 Å². The molecule has 0 saturated carbocycles. The van der Waals surface area contributed by atoms with Crippen LogP contribution in [0.3, 0.4) is 0 Å². The van der Waals surface area contributed by atoms with Gasteiger partial charge >= 0.3 is 0 Å². The molecule has 2 aromatic rings. The smallest absolute Gasteiger partial charge is 0.269 e. The molecule has 0 spiro atoms. The third-order valence-corrected chi connectivity index (χ3v) is 4.22. The molecule has 0 unspecified atom stereocenters. The van der Waals surface area contributed by atoms with Crippen LogP contribution in [0.2, 0.25) is 0 Å². The zero-order valence-electron chi connectivity index (χ0n) is 13.9. The molecule has 2 heterocycles. The van der Waals surface area contributed by atoms with Crippen LogP contribution in [0.5, 0.6) is 0 Å². The van der Waals surface area contributed by atoms with Gasteiger partial charge in [0, 0.05) is 25.1 Å². The number of nitrogens with one attached hydrogen (secondary N) is 2. The minimum atomic E-state index is -0.477. The molecular weight excluding hydrogens is 324 g/mol. The minimum Gasteiger partial charge on any atom is -0.317 e. The van der Waals surface area contributed by atoms with Crippen LogP contribution in [0.4, 0.5) is 11.6 Å². The second-order valence-corrected chi connectivity index (χ2v) is 6.09. The Morgan fingerprint density at radius 3 is 2.92 bits per heavy atom. The molecule has 1 aromatic carbocycles. The average Bonchev–Trinajstić information content (AvgIpc) is 2.96. The SMILES string of the molecule is Cn1nc(C2CCNCC2)nc1NC(=O)Cc1cccc([N+](=O)[O-])c1. The van der Waals surface area contributed by atoms with Crippen LogP contribution in [0.25, 0.3) is 0 Å². The fourth-order valence-electron chi connectivity index (χ4n) is 2.90. The summed E-state index contributed by atoms with van der Waals surface area (Å²) in [5.74, 6) is 1.15. The van der Waals surface area contributed by atoms with E-state index in [1.54, 1.807) is 23.9 Å². The monoisotopic (exact) mass is 344 g/mol. The van der Waals surface area contributed by atoms with Gasteiger partial charge in [0.1, 0.15) is 0 Å². The van der Waals surface area contributed by atoms with Crippen molar-refractivity contribution < 1.29 is 9.72 Å².